The van der Waals surface area contributed by atoms with Crippen LogP contribution in [0.1, 0.15) is 30.1 Å². The molecule has 1 saturated heterocycles. The maximum atomic E-state index is 12.3. The van der Waals surface area contributed by atoms with E-state index in [0.717, 1.165) is 19.0 Å². The molecule has 1 aromatic rings. The molecule has 1 fully saturated rings. The van der Waals surface area contributed by atoms with Gasteiger partial charge in [0.15, 0.2) is 0 Å². The number of nitrogens with one attached hydrogen (secondary N) is 1. The van der Waals surface area contributed by atoms with Crippen molar-refractivity contribution in [1.29, 1.82) is 0 Å². The van der Waals surface area contributed by atoms with Crippen LogP contribution in [-0.4, -0.2) is 67.3 Å². The second-order valence-electron chi connectivity index (χ2n) is 6.62. The number of nitrogens with zero attached hydrogens (tertiary/aromatic N) is 3. The number of likely N-dealkylation sites (tertiary alicyclic amines) is 1. The Morgan fingerprint density at radius 1 is 1.48 bits per heavy atom. The van der Waals surface area contributed by atoms with E-state index >= 15 is 0 Å². The smallest absolute Gasteiger partial charge is 0.255 e. The molecule has 1 aliphatic heterocycles. The molecule has 1 atom stereocenters. The zero-order chi connectivity index (χ0) is 16.8. The van der Waals surface area contributed by atoms with Gasteiger partial charge in [0.25, 0.3) is 5.91 Å². The lowest BCUT2D eigenvalue weighted by molar-refractivity contribution is 0.0795. The second kappa shape index (κ2) is 8.26. The number of aromatic nitrogens is 1. The van der Waals surface area contributed by atoms with Gasteiger partial charge in [-0.2, -0.15) is 0 Å². The van der Waals surface area contributed by atoms with Gasteiger partial charge < -0.3 is 20.2 Å². The van der Waals surface area contributed by atoms with Gasteiger partial charge in [-0.3, -0.25) is 4.79 Å². The van der Waals surface area contributed by atoms with Gasteiger partial charge in [-0.05, 0) is 44.0 Å². The summed E-state index contributed by atoms with van der Waals surface area (Å²) >= 11 is 0. The fourth-order valence-electron chi connectivity index (χ4n) is 2.84. The van der Waals surface area contributed by atoms with E-state index in [-0.39, 0.29) is 12.5 Å². The maximum absolute atomic E-state index is 12.3. The van der Waals surface area contributed by atoms with Crippen LogP contribution >= 0.6 is 0 Å². The Hall–Kier alpha value is -1.66. The third-order valence-corrected chi connectivity index (χ3v) is 4.30. The molecule has 1 unspecified atom stereocenters. The van der Waals surface area contributed by atoms with E-state index in [9.17, 15) is 9.90 Å². The Labute approximate surface area is 138 Å². The van der Waals surface area contributed by atoms with Crippen LogP contribution in [0.15, 0.2) is 18.3 Å². The summed E-state index contributed by atoms with van der Waals surface area (Å²) in [6, 6.07) is 3.49. The van der Waals surface area contributed by atoms with Crippen LogP contribution < -0.4 is 10.2 Å². The van der Waals surface area contributed by atoms with Crippen LogP contribution in [0.25, 0.3) is 0 Å². The summed E-state index contributed by atoms with van der Waals surface area (Å²) in [6.07, 6.45) is 3.48. The maximum Gasteiger partial charge on any atom is 0.255 e. The normalized spacial score (nSPS) is 17.7. The Kier molecular flexibility index (Phi) is 6.36. The molecule has 1 aromatic heterocycles. The Bertz CT molecular complexity index is 513. The van der Waals surface area contributed by atoms with E-state index in [1.54, 1.807) is 23.2 Å². The predicted octanol–water partition coefficient (Wildman–Crippen LogP) is 0.970. The van der Waals surface area contributed by atoms with Crippen LogP contribution in [0.2, 0.25) is 0 Å². The lowest BCUT2D eigenvalue weighted by Gasteiger charge is -2.31. The Morgan fingerprint density at radius 2 is 2.17 bits per heavy atom. The number of anilines is 1. The highest BCUT2D eigenvalue weighted by Gasteiger charge is 2.19. The minimum absolute atomic E-state index is 0.201. The topological polar surface area (TPSA) is 68.7 Å². The number of carbonyl (C=O) groups excluding carboxylic acids is 1. The second-order valence-corrected chi connectivity index (χ2v) is 6.62. The number of hydrogen-bond acceptors (Lipinski definition) is 5. The molecule has 2 heterocycles. The molecule has 0 bridgehead atoms. The van der Waals surface area contributed by atoms with Gasteiger partial charge in [0.05, 0.1) is 11.7 Å². The van der Waals surface area contributed by atoms with Crippen molar-refractivity contribution in [3.8, 4) is 0 Å². The molecule has 23 heavy (non-hydrogen) atoms. The van der Waals surface area contributed by atoms with Crippen molar-refractivity contribution in [3.63, 3.8) is 0 Å². The third kappa shape index (κ3) is 5.18. The van der Waals surface area contributed by atoms with Gasteiger partial charge >= 0.3 is 0 Å². The third-order valence-electron chi connectivity index (χ3n) is 4.30. The van der Waals surface area contributed by atoms with E-state index in [1.165, 1.54) is 12.8 Å². The first-order valence-corrected chi connectivity index (χ1v) is 8.28. The van der Waals surface area contributed by atoms with Crippen LogP contribution in [0.4, 0.5) is 5.82 Å². The highest BCUT2D eigenvalue weighted by Crippen LogP contribution is 2.16. The van der Waals surface area contributed by atoms with Crippen molar-refractivity contribution in [2.45, 2.75) is 25.9 Å². The van der Waals surface area contributed by atoms with Gasteiger partial charge in [-0.1, -0.05) is 6.92 Å². The quantitative estimate of drug-likeness (QED) is 0.817. The summed E-state index contributed by atoms with van der Waals surface area (Å²) in [5.74, 6) is 1.20. The molecule has 0 saturated carbocycles. The van der Waals surface area contributed by atoms with Gasteiger partial charge in [0.1, 0.15) is 5.82 Å². The average molecular weight is 320 g/mol. The van der Waals surface area contributed by atoms with Crippen LogP contribution in [-0.2, 0) is 0 Å². The minimum Gasteiger partial charge on any atom is -0.390 e. The molecule has 128 valence electrons. The number of aliphatic hydroxyl groups is 1. The molecule has 1 amide bonds. The number of piperidine rings is 1. The fraction of sp³-hybridized carbons (Fsp3) is 0.647. The standard InChI is InChI=1S/C17H28N4O2/c1-13-6-9-21(10-7-13)12-14(22)11-19-17(23)15-5-4-8-18-16(15)20(2)3/h4-5,8,13-14,22H,6-7,9-12H2,1-3H3,(H,19,23). The molecule has 6 nitrogen and oxygen atoms in total. The molecule has 0 spiro atoms. The largest absolute Gasteiger partial charge is 0.390 e. The monoisotopic (exact) mass is 320 g/mol. The van der Waals surface area contributed by atoms with E-state index in [1.807, 2.05) is 14.1 Å². The summed E-state index contributed by atoms with van der Waals surface area (Å²) in [4.78, 5) is 20.6. The summed E-state index contributed by atoms with van der Waals surface area (Å²) in [5, 5.41) is 13.0. The van der Waals surface area contributed by atoms with E-state index in [4.69, 9.17) is 0 Å². The fourth-order valence-corrected chi connectivity index (χ4v) is 2.84. The van der Waals surface area contributed by atoms with Crippen molar-refractivity contribution in [2.24, 2.45) is 5.92 Å². The van der Waals surface area contributed by atoms with E-state index in [0.29, 0.717) is 17.9 Å². The molecule has 0 aromatic carbocycles. The van der Waals surface area contributed by atoms with E-state index in [2.05, 4.69) is 22.1 Å². The summed E-state index contributed by atoms with van der Waals surface area (Å²) in [5.41, 5.74) is 0.525. The van der Waals surface area contributed by atoms with Crippen molar-refractivity contribution >= 4 is 11.7 Å². The van der Waals surface area contributed by atoms with Gasteiger partial charge in [-0.15, -0.1) is 0 Å². The average Bonchev–Trinajstić information content (AvgIpc) is 2.54. The number of pyridine rings is 1. The number of rotatable bonds is 6. The van der Waals surface area contributed by atoms with Crippen molar-refractivity contribution in [3.05, 3.63) is 23.9 Å². The number of aliphatic hydroxyl groups excluding tert-OH is 1. The SMILES string of the molecule is CC1CCN(CC(O)CNC(=O)c2cccnc2N(C)C)CC1. The van der Waals surface area contributed by atoms with Gasteiger partial charge in [0.2, 0.25) is 0 Å². The molecule has 2 N–H and O–H groups in total. The van der Waals surface area contributed by atoms with Gasteiger partial charge in [0, 0.05) is 33.4 Å². The number of carbonyl (C=O) groups is 1. The Morgan fingerprint density at radius 3 is 2.83 bits per heavy atom. The first kappa shape index (κ1) is 17.7. The molecule has 0 radical (unpaired) electrons. The summed E-state index contributed by atoms with van der Waals surface area (Å²) in [7, 11) is 3.70. The van der Waals surface area contributed by atoms with Gasteiger partial charge in [-0.25, -0.2) is 4.98 Å². The summed E-state index contributed by atoms with van der Waals surface area (Å²) in [6.45, 7) is 5.19. The lowest BCUT2D eigenvalue weighted by Crippen LogP contribution is -2.43. The van der Waals surface area contributed by atoms with Crippen molar-refractivity contribution in [1.82, 2.24) is 15.2 Å². The van der Waals surface area contributed by atoms with E-state index < -0.39 is 6.10 Å². The number of hydrogen-bond donors (Lipinski definition) is 2. The lowest BCUT2D eigenvalue weighted by atomic mass is 9.99. The molecule has 6 heteroatoms. The zero-order valence-corrected chi connectivity index (χ0v) is 14.3. The van der Waals surface area contributed by atoms with Crippen molar-refractivity contribution < 1.29 is 9.90 Å². The summed E-state index contributed by atoms with van der Waals surface area (Å²) < 4.78 is 0. The number of amides is 1. The number of β-amino-alcohol motifs (C(OH)–C–C–N with tert-alkyl or cyclic N) is 1. The van der Waals surface area contributed by atoms with Crippen LogP contribution in [0.3, 0.4) is 0 Å². The van der Waals surface area contributed by atoms with Crippen LogP contribution in [0, 0.1) is 5.92 Å². The Balaban J connectivity index is 1.82. The molecule has 0 aliphatic carbocycles. The predicted molar refractivity (Wildman–Crippen MR) is 91.7 cm³/mol. The van der Waals surface area contributed by atoms with Crippen LogP contribution in [0.5, 0.6) is 0 Å². The first-order valence-electron chi connectivity index (χ1n) is 8.28. The minimum atomic E-state index is -0.549. The first-order chi connectivity index (χ1) is 11.0. The molecular weight excluding hydrogens is 292 g/mol. The molecule has 1 aliphatic rings. The van der Waals surface area contributed by atoms with Crippen molar-refractivity contribution in [2.75, 3.05) is 45.2 Å². The highest BCUT2D eigenvalue weighted by molar-refractivity contribution is 5.98. The highest BCUT2D eigenvalue weighted by atomic mass is 16.3. The zero-order valence-electron chi connectivity index (χ0n) is 14.3. The molecular formula is C17H28N4O2. The molecule has 2 rings (SSSR count).